The molecule has 0 saturated carbocycles. The highest BCUT2D eigenvalue weighted by Gasteiger charge is 2.13. The van der Waals surface area contributed by atoms with Gasteiger partial charge in [0, 0.05) is 11.8 Å². The summed E-state index contributed by atoms with van der Waals surface area (Å²) in [4.78, 5) is 3.74. The van der Waals surface area contributed by atoms with E-state index in [1.807, 2.05) is 42.5 Å². The van der Waals surface area contributed by atoms with Crippen LogP contribution >= 0.6 is 0 Å². The Labute approximate surface area is 123 Å². The van der Waals surface area contributed by atoms with E-state index < -0.39 is 6.04 Å². The van der Waals surface area contributed by atoms with Crippen LogP contribution in [0.15, 0.2) is 73.1 Å². The lowest BCUT2D eigenvalue weighted by Crippen LogP contribution is -2.13. The van der Waals surface area contributed by atoms with Crippen molar-refractivity contribution in [3.8, 4) is 11.1 Å². The van der Waals surface area contributed by atoms with Crippen LogP contribution in [0.25, 0.3) is 11.1 Å². The van der Waals surface area contributed by atoms with E-state index in [-0.39, 0.29) is 5.82 Å². The fourth-order valence-corrected chi connectivity index (χ4v) is 2.33. The minimum absolute atomic E-state index is 0.378. The van der Waals surface area contributed by atoms with Crippen LogP contribution in [0.3, 0.4) is 0 Å². The van der Waals surface area contributed by atoms with Gasteiger partial charge in [-0.15, -0.1) is 0 Å². The first-order valence-corrected chi connectivity index (χ1v) is 6.76. The monoisotopic (exact) mass is 278 g/mol. The van der Waals surface area contributed by atoms with Gasteiger partial charge in [0.25, 0.3) is 0 Å². The quantitative estimate of drug-likeness (QED) is 0.788. The summed E-state index contributed by atoms with van der Waals surface area (Å²) in [6.07, 6.45) is 2.74. The third kappa shape index (κ3) is 2.83. The van der Waals surface area contributed by atoms with Crippen LogP contribution in [-0.2, 0) is 0 Å². The molecule has 0 aliphatic rings. The minimum Gasteiger partial charge on any atom is -0.320 e. The number of hydrogen-bond donors (Lipinski definition) is 1. The number of benzene rings is 2. The molecule has 1 aromatic heterocycles. The number of halogens is 1. The van der Waals surface area contributed by atoms with Gasteiger partial charge in [-0.2, -0.15) is 0 Å². The molecule has 0 amide bonds. The Bertz CT molecular complexity index is 724. The first-order chi connectivity index (χ1) is 10.3. The van der Waals surface area contributed by atoms with Crippen molar-refractivity contribution < 1.29 is 4.39 Å². The Kier molecular flexibility index (Phi) is 3.75. The average molecular weight is 278 g/mol. The Morgan fingerprint density at radius 2 is 1.52 bits per heavy atom. The summed E-state index contributed by atoms with van der Waals surface area (Å²) in [7, 11) is 0. The highest BCUT2D eigenvalue weighted by molar-refractivity contribution is 5.63. The van der Waals surface area contributed by atoms with Crippen molar-refractivity contribution in [3.63, 3.8) is 0 Å². The van der Waals surface area contributed by atoms with Crippen LogP contribution in [0.4, 0.5) is 4.39 Å². The van der Waals surface area contributed by atoms with Gasteiger partial charge in [-0.25, -0.2) is 4.39 Å². The first kappa shape index (κ1) is 13.5. The van der Waals surface area contributed by atoms with Gasteiger partial charge < -0.3 is 5.73 Å². The molecule has 3 rings (SSSR count). The van der Waals surface area contributed by atoms with Crippen LogP contribution in [0.5, 0.6) is 0 Å². The fourth-order valence-electron chi connectivity index (χ4n) is 2.33. The van der Waals surface area contributed by atoms with E-state index in [2.05, 4.69) is 17.1 Å². The van der Waals surface area contributed by atoms with Crippen LogP contribution in [0, 0.1) is 5.82 Å². The van der Waals surface area contributed by atoms with Crippen molar-refractivity contribution in [3.05, 3.63) is 90.0 Å². The molecule has 0 saturated heterocycles. The number of hydrogen-bond acceptors (Lipinski definition) is 2. The molecule has 3 heteroatoms. The zero-order valence-corrected chi connectivity index (χ0v) is 11.4. The molecule has 1 unspecified atom stereocenters. The van der Waals surface area contributed by atoms with Gasteiger partial charge in [0.15, 0.2) is 0 Å². The molecule has 2 N–H and O–H groups in total. The standard InChI is InChI=1S/C18H15FN2/c19-17-12-21-11-10-16(17)18(20)15-8-6-14(7-9-15)13-4-2-1-3-5-13/h1-12,18H,20H2. The summed E-state index contributed by atoms with van der Waals surface area (Å²) < 4.78 is 13.7. The molecule has 0 aliphatic heterocycles. The van der Waals surface area contributed by atoms with Gasteiger partial charge >= 0.3 is 0 Å². The summed E-state index contributed by atoms with van der Waals surface area (Å²) in [5, 5.41) is 0. The molecule has 0 radical (unpaired) electrons. The van der Waals surface area contributed by atoms with Gasteiger partial charge in [-0.3, -0.25) is 4.98 Å². The van der Waals surface area contributed by atoms with Gasteiger partial charge in [0.2, 0.25) is 0 Å². The summed E-state index contributed by atoms with van der Waals surface area (Å²) >= 11 is 0. The van der Waals surface area contributed by atoms with Gasteiger partial charge in [-0.05, 0) is 22.8 Å². The Morgan fingerprint density at radius 3 is 2.19 bits per heavy atom. The normalized spacial score (nSPS) is 12.1. The second-order valence-electron chi connectivity index (χ2n) is 4.86. The van der Waals surface area contributed by atoms with E-state index in [1.54, 1.807) is 12.3 Å². The molecule has 0 aliphatic carbocycles. The van der Waals surface area contributed by atoms with Crippen molar-refractivity contribution >= 4 is 0 Å². The van der Waals surface area contributed by atoms with E-state index in [9.17, 15) is 4.39 Å². The topological polar surface area (TPSA) is 38.9 Å². The zero-order valence-electron chi connectivity index (χ0n) is 11.4. The zero-order chi connectivity index (χ0) is 14.7. The Balaban J connectivity index is 1.89. The maximum atomic E-state index is 13.7. The molecular formula is C18H15FN2. The van der Waals surface area contributed by atoms with Gasteiger partial charge in [0.05, 0.1) is 12.2 Å². The second-order valence-corrected chi connectivity index (χ2v) is 4.86. The number of pyridine rings is 1. The summed E-state index contributed by atoms with van der Waals surface area (Å²) in [6.45, 7) is 0. The second kappa shape index (κ2) is 5.85. The predicted molar refractivity (Wildman–Crippen MR) is 82.1 cm³/mol. The van der Waals surface area contributed by atoms with Crippen molar-refractivity contribution in [2.75, 3.05) is 0 Å². The fraction of sp³-hybridized carbons (Fsp3) is 0.0556. The molecule has 3 aromatic rings. The highest BCUT2D eigenvalue weighted by atomic mass is 19.1. The third-order valence-electron chi connectivity index (χ3n) is 3.52. The average Bonchev–Trinajstić information content (AvgIpc) is 2.56. The lowest BCUT2D eigenvalue weighted by molar-refractivity contribution is 0.593. The van der Waals surface area contributed by atoms with E-state index in [1.165, 1.54) is 6.20 Å². The van der Waals surface area contributed by atoms with E-state index >= 15 is 0 Å². The summed E-state index contributed by atoms with van der Waals surface area (Å²) in [6, 6.07) is 19.1. The molecule has 2 aromatic carbocycles. The third-order valence-corrected chi connectivity index (χ3v) is 3.52. The highest BCUT2D eigenvalue weighted by Crippen LogP contribution is 2.25. The number of nitrogens with two attached hydrogens (primary N) is 1. The van der Waals surface area contributed by atoms with Gasteiger partial charge in [0.1, 0.15) is 5.82 Å². The summed E-state index contributed by atoms with van der Waals surface area (Å²) in [5.74, 6) is -0.378. The number of rotatable bonds is 3. The predicted octanol–water partition coefficient (Wildman–Crippen LogP) is 3.94. The van der Waals surface area contributed by atoms with Crippen molar-refractivity contribution in [1.29, 1.82) is 0 Å². The minimum atomic E-state index is -0.488. The smallest absolute Gasteiger partial charge is 0.146 e. The Morgan fingerprint density at radius 1 is 0.857 bits per heavy atom. The van der Waals surface area contributed by atoms with Crippen molar-refractivity contribution in [1.82, 2.24) is 4.98 Å². The van der Waals surface area contributed by atoms with E-state index in [0.29, 0.717) is 5.56 Å². The lowest BCUT2D eigenvalue weighted by Gasteiger charge is -2.13. The van der Waals surface area contributed by atoms with Crippen molar-refractivity contribution in [2.24, 2.45) is 5.73 Å². The maximum absolute atomic E-state index is 13.7. The Hall–Kier alpha value is -2.52. The molecule has 0 bridgehead atoms. The van der Waals surface area contributed by atoms with Crippen LogP contribution in [-0.4, -0.2) is 4.98 Å². The molecule has 104 valence electrons. The largest absolute Gasteiger partial charge is 0.320 e. The van der Waals surface area contributed by atoms with Crippen LogP contribution in [0.2, 0.25) is 0 Å². The van der Waals surface area contributed by atoms with Crippen molar-refractivity contribution in [2.45, 2.75) is 6.04 Å². The molecule has 0 spiro atoms. The maximum Gasteiger partial charge on any atom is 0.146 e. The molecule has 2 nitrogen and oxygen atoms in total. The number of aromatic nitrogens is 1. The first-order valence-electron chi connectivity index (χ1n) is 6.76. The lowest BCUT2D eigenvalue weighted by atomic mass is 9.97. The molecule has 1 atom stereocenters. The van der Waals surface area contributed by atoms with Crippen LogP contribution < -0.4 is 5.73 Å². The molecule has 1 heterocycles. The van der Waals surface area contributed by atoms with E-state index in [0.717, 1.165) is 16.7 Å². The molecular weight excluding hydrogens is 263 g/mol. The van der Waals surface area contributed by atoms with Gasteiger partial charge in [-0.1, -0.05) is 54.6 Å². The van der Waals surface area contributed by atoms with E-state index in [4.69, 9.17) is 5.73 Å². The molecule has 0 fully saturated rings. The van der Waals surface area contributed by atoms with Crippen LogP contribution in [0.1, 0.15) is 17.2 Å². The molecule has 21 heavy (non-hydrogen) atoms. The SMILES string of the molecule is NC(c1ccc(-c2ccccc2)cc1)c1ccncc1F. The summed E-state index contributed by atoms with van der Waals surface area (Å²) in [5.41, 5.74) is 9.73. The number of nitrogens with zero attached hydrogens (tertiary/aromatic N) is 1.